The molecule has 0 unspecified atom stereocenters. The van der Waals surface area contributed by atoms with Crippen molar-refractivity contribution in [2.24, 2.45) is 0 Å². The Hall–Kier alpha value is -0.800. The predicted octanol–water partition coefficient (Wildman–Crippen LogP) is 1.83. The van der Waals surface area contributed by atoms with E-state index in [1.54, 1.807) is 23.6 Å². The molecule has 20 heavy (non-hydrogen) atoms. The van der Waals surface area contributed by atoms with Crippen LogP contribution in [0.15, 0.2) is 15.7 Å². The molecule has 0 spiro atoms. The number of sulfonamides is 1. The topological polar surface area (TPSA) is 79.3 Å². The van der Waals surface area contributed by atoms with E-state index >= 15 is 0 Å². The maximum absolute atomic E-state index is 12.3. The highest BCUT2D eigenvalue weighted by atomic mass is 32.2. The molecule has 2 heterocycles. The van der Waals surface area contributed by atoms with E-state index in [9.17, 15) is 13.5 Å². The third kappa shape index (κ3) is 3.44. The summed E-state index contributed by atoms with van der Waals surface area (Å²) in [4.78, 5) is 4.97. The lowest BCUT2D eigenvalue weighted by Crippen LogP contribution is -2.27. The average Bonchev–Trinajstić information content (AvgIpc) is 2.95. The average molecular weight is 332 g/mol. The van der Waals surface area contributed by atoms with E-state index < -0.39 is 10.0 Å². The predicted molar refractivity (Wildman–Crippen MR) is 80.7 cm³/mol. The van der Waals surface area contributed by atoms with Crippen LogP contribution in [0.25, 0.3) is 0 Å². The van der Waals surface area contributed by atoms with Crippen LogP contribution in [0.3, 0.4) is 0 Å². The quantitative estimate of drug-likeness (QED) is 0.846. The molecule has 0 saturated carbocycles. The first-order valence-electron chi connectivity index (χ1n) is 6.02. The number of aromatic nitrogens is 1. The van der Waals surface area contributed by atoms with Gasteiger partial charge in [0.15, 0.2) is 0 Å². The standard InChI is InChI=1S/C12H16N2O3S3/c1-8-6-19-11(5-15)12(8)20(16,17)13-4-3-10-7-18-9(2)14-10/h6-7,13,15H,3-5H2,1-2H3. The summed E-state index contributed by atoms with van der Waals surface area (Å²) < 4.78 is 27.1. The normalized spacial score (nSPS) is 11.9. The lowest BCUT2D eigenvalue weighted by atomic mass is 10.3. The van der Waals surface area contributed by atoms with E-state index in [0.29, 0.717) is 23.4 Å². The summed E-state index contributed by atoms with van der Waals surface area (Å²) in [7, 11) is -3.58. The van der Waals surface area contributed by atoms with Gasteiger partial charge in [0.2, 0.25) is 10.0 Å². The van der Waals surface area contributed by atoms with Gasteiger partial charge in [0.25, 0.3) is 0 Å². The maximum Gasteiger partial charge on any atom is 0.242 e. The number of nitrogens with zero attached hydrogens (tertiary/aromatic N) is 1. The van der Waals surface area contributed by atoms with Gasteiger partial charge in [-0.05, 0) is 24.8 Å². The summed E-state index contributed by atoms with van der Waals surface area (Å²) in [5, 5.41) is 13.9. The van der Waals surface area contributed by atoms with Crippen LogP contribution in [0.1, 0.15) is 21.1 Å². The highest BCUT2D eigenvalue weighted by molar-refractivity contribution is 7.89. The number of hydrogen-bond acceptors (Lipinski definition) is 6. The zero-order valence-corrected chi connectivity index (χ0v) is 13.7. The van der Waals surface area contributed by atoms with Crippen LogP contribution in [0, 0.1) is 13.8 Å². The summed E-state index contributed by atoms with van der Waals surface area (Å²) in [6.07, 6.45) is 0.557. The number of thiophene rings is 1. The minimum Gasteiger partial charge on any atom is -0.391 e. The highest BCUT2D eigenvalue weighted by Crippen LogP contribution is 2.26. The molecule has 2 rings (SSSR count). The van der Waals surface area contributed by atoms with Crippen molar-refractivity contribution in [2.75, 3.05) is 6.54 Å². The minimum absolute atomic E-state index is 0.208. The number of aliphatic hydroxyl groups excluding tert-OH is 1. The van der Waals surface area contributed by atoms with Crippen molar-refractivity contribution in [3.63, 3.8) is 0 Å². The Kier molecular flexibility index (Phi) is 4.92. The molecule has 2 aromatic heterocycles. The van der Waals surface area contributed by atoms with Crippen LogP contribution in [0.5, 0.6) is 0 Å². The molecule has 0 bridgehead atoms. The van der Waals surface area contributed by atoms with Gasteiger partial charge in [0.1, 0.15) is 4.90 Å². The first-order chi connectivity index (χ1) is 9.44. The Morgan fingerprint density at radius 2 is 2.05 bits per heavy atom. The fourth-order valence-electron chi connectivity index (χ4n) is 1.87. The van der Waals surface area contributed by atoms with Crippen molar-refractivity contribution in [3.8, 4) is 0 Å². The molecule has 5 nitrogen and oxygen atoms in total. The molecule has 0 atom stereocenters. The van der Waals surface area contributed by atoms with Gasteiger partial charge < -0.3 is 5.11 Å². The number of aryl methyl sites for hydroxylation is 2. The molecule has 2 aromatic rings. The van der Waals surface area contributed by atoms with Crippen LogP contribution < -0.4 is 4.72 Å². The zero-order chi connectivity index (χ0) is 14.8. The van der Waals surface area contributed by atoms with Gasteiger partial charge in [-0.3, -0.25) is 0 Å². The molecule has 110 valence electrons. The molecule has 0 aromatic carbocycles. The summed E-state index contributed by atoms with van der Waals surface area (Å²) in [6, 6.07) is 0. The van der Waals surface area contributed by atoms with E-state index in [1.807, 2.05) is 12.3 Å². The number of nitrogens with one attached hydrogen (secondary N) is 1. The van der Waals surface area contributed by atoms with E-state index in [-0.39, 0.29) is 11.5 Å². The summed E-state index contributed by atoms with van der Waals surface area (Å²) >= 11 is 2.81. The largest absolute Gasteiger partial charge is 0.391 e. The molecule has 0 fully saturated rings. The molecule has 2 N–H and O–H groups in total. The Balaban J connectivity index is 2.06. The molecular weight excluding hydrogens is 316 g/mol. The second kappa shape index (κ2) is 6.31. The smallest absolute Gasteiger partial charge is 0.242 e. The van der Waals surface area contributed by atoms with Gasteiger partial charge in [-0.1, -0.05) is 0 Å². The monoisotopic (exact) mass is 332 g/mol. The molecular formula is C12H16N2O3S3. The number of rotatable bonds is 6. The minimum atomic E-state index is -3.58. The third-order valence-corrected chi connectivity index (χ3v) is 6.47. The van der Waals surface area contributed by atoms with Crippen LogP contribution in [-0.2, 0) is 23.1 Å². The number of aliphatic hydroxyl groups is 1. The molecule has 0 saturated heterocycles. The van der Waals surface area contributed by atoms with Crippen molar-refractivity contribution in [2.45, 2.75) is 31.8 Å². The summed E-state index contributed by atoms with van der Waals surface area (Å²) in [5.74, 6) is 0. The second-order valence-corrected chi connectivity index (χ2v) is 8.06. The summed E-state index contributed by atoms with van der Waals surface area (Å²) in [5.41, 5.74) is 1.55. The van der Waals surface area contributed by atoms with Gasteiger partial charge >= 0.3 is 0 Å². The number of thiazole rings is 1. The molecule has 8 heteroatoms. The maximum atomic E-state index is 12.3. The fraction of sp³-hybridized carbons (Fsp3) is 0.417. The Labute approximate surface area is 126 Å². The highest BCUT2D eigenvalue weighted by Gasteiger charge is 2.22. The number of hydrogen-bond donors (Lipinski definition) is 2. The Morgan fingerprint density at radius 1 is 1.30 bits per heavy atom. The first kappa shape index (κ1) is 15.6. The van der Waals surface area contributed by atoms with Crippen molar-refractivity contribution in [1.29, 1.82) is 0 Å². The fourth-order valence-corrected chi connectivity index (χ4v) is 5.20. The SMILES string of the molecule is Cc1nc(CCNS(=O)(=O)c2c(C)csc2CO)cs1. The Morgan fingerprint density at radius 3 is 2.65 bits per heavy atom. The van der Waals surface area contributed by atoms with Crippen LogP contribution in [0.2, 0.25) is 0 Å². The zero-order valence-electron chi connectivity index (χ0n) is 11.2. The van der Waals surface area contributed by atoms with E-state index in [0.717, 1.165) is 10.7 Å². The van der Waals surface area contributed by atoms with Gasteiger partial charge in [0.05, 0.1) is 22.2 Å². The molecule has 0 radical (unpaired) electrons. The van der Waals surface area contributed by atoms with Crippen LogP contribution >= 0.6 is 22.7 Å². The van der Waals surface area contributed by atoms with Crippen LogP contribution in [0.4, 0.5) is 0 Å². The lowest BCUT2D eigenvalue weighted by molar-refractivity contribution is 0.282. The molecule has 0 aliphatic rings. The first-order valence-corrected chi connectivity index (χ1v) is 9.27. The third-order valence-electron chi connectivity index (χ3n) is 2.74. The van der Waals surface area contributed by atoms with E-state index in [2.05, 4.69) is 9.71 Å². The van der Waals surface area contributed by atoms with Crippen LogP contribution in [-0.4, -0.2) is 25.1 Å². The van der Waals surface area contributed by atoms with Crippen molar-refractivity contribution in [3.05, 3.63) is 31.9 Å². The van der Waals surface area contributed by atoms with E-state index in [4.69, 9.17) is 0 Å². The van der Waals surface area contributed by atoms with Crippen molar-refractivity contribution in [1.82, 2.24) is 9.71 Å². The molecule has 0 aliphatic heterocycles. The second-order valence-electron chi connectivity index (χ2n) is 4.33. The van der Waals surface area contributed by atoms with Gasteiger partial charge in [0, 0.05) is 18.3 Å². The van der Waals surface area contributed by atoms with Crippen molar-refractivity contribution >= 4 is 32.7 Å². The van der Waals surface area contributed by atoms with E-state index in [1.165, 1.54) is 11.3 Å². The Bertz CT molecular complexity index is 689. The lowest BCUT2D eigenvalue weighted by Gasteiger charge is -2.07. The molecule has 0 aliphatic carbocycles. The van der Waals surface area contributed by atoms with Gasteiger partial charge in [-0.15, -0.1) is 22.7 Å². The molecule has 0 amide bonds. The van der Waals surface area contributed by atoms with Crippen molar-refractivity contribution < 1.29 is 13.5 Å². The van der Waals surface area contributed by atoms with Gasteiger partial charge in [-0.25, -0.2) is 18.1 Å². The van der Waals surface area contributed by atoms with Gasteiger partial charge in [-0.2, -0.15) is 0 Å². The summed E-state index contributed by atoms with van der Waals surface area (Å²) in [6.45, 7) is 3.68.